The zero-order chi connectivity index (χ0) is 23.1. The molecule has 0 radical (unpaired) electrons. The van der Waals surface area contributed by atoms with Crippen LogP contribution in [0.5, 0.6) is 5.75 Å². The maximum absolute atomic E-state index is 13.8. The fraction of sp³-hybridized carbons (Fsp3) is 0.450. The van der Waals surface area contributed by atoms with Crippen molar-refractivity contribution in [3.63, 3.8) is 0 Å². The Morgan fingerprint density at radius 1 is 1.22 bits per heavy atom. The molecule has 0 bridgehead atoms. The van der Waals surface area contributed by atoms with Gasteiger partial charge < -0.3 is 14.5 Å². The lowest BCUT2D eigenvalue weighted by Crippen LogP contribution is -2.46. The van der Waals surface area contributed by atoms with Gasteiger partial charge in [-0.05, 0) is 18.7 Å². The summed E-state index contributed by atoms with van der Waals surface area (Å²) in [4.78, 5) is 6.91. The highest BCUT2D eigenvalue weighted by molar-refractivity contribution is 7.89. The first-order chi connectivity index (χ1) is 15.1. The summed E-state index contributed by atoms with van der Waals surface area (Å²) in [6, 6.07) is 3.74. The molecule has 1 unspecified atom stereocenters. The molecular weight excluding hydrogens is 452 g/mol. The SMILES string of the molecule is CCN1CCN(c2cc(C(F)(F)F)c(S(=O)(=O)NC3COc4c(F)cccc43)cn2)CC1. The number of rotatable bonds is 5. The highest BCUT2D eigenvalue weighted by atomic mass is 32.2. The molecule has 174 valence electrons. The van der Waals surface area contributed by atoms with Crippen molar-refractivity contribution in [3.05, 3.63) is 47.4 Å². The number of sulfonamides is 1. The molecule has 0 aliphatic carbocycles. The van der Waals surface area contributed by atoms with E-state index in [9.17, 15) is 26.0 Å². The van der Waals surface area contributed by atoms with Gasteiger partial charge in [0.05, 0.1) is 11.6 Å². The molecule has 2 aromatic rings. The fourth-order valence-electron chi connectivity index (χ4n) is 3.89. The number of benzene rings is 1. The number of anilines is 1. The van der Waals surface area contributed by atoms with Gasteiger partial charge in [0, 0.05) is 37.9 Å². The monoisotopic (exact) mass is 474 g/mol. The Bertz CT molecular complexity index is 1100. The third-order valence-electron chi connectivity index (χ3n) is 5.66. The summed E-state index contributed by atoms with van der Waals surface area (Å²) in [6.07, 6.45) is -4.18. The first-order valence-electron chi connectivity index (χ1n) is 10.1. The molecule has 0 spiro atoms. The van der Waals surface area contributed by atoms with E-state index in [0.29, 0.717) is 26.2 Å². The molecule has 3 heterocycles. The van der Waals surface area contributed by atoms with E-state index in [-0.39, 0.29) is 23.7 Å². The molecule has 2 aliphatic rings. The lowest BCUT2D eigenvalue weighted by atomic mass is 10.1. The number of piperazine rings is 1. The maximum Gasteiger partial charge on any atom is 0.417 e. The summed E-state index contributed by atoms with van der Waals surface area (Å²) in [7, 11) is -4.63. The molecule has 1 fully saturated rings. The number of nitrogens with one attached hydrogen (secondary N) is 1. The molecule has 32 heavy (non-hydrogen) atoms. The predicted molar refractivity (Wildman–Crippen MR) is 109 cm³/mol. The summed E-state index contributed by atoms with van der Waals surface area (Å²) in [5, 5.41) is 0. The number of alkyl halides is 3. The third-order valence-corrected chi connectivity index (χ3v) is 7.16. The largest absolute Gasteiger partial charge is 0.488 e. The molecule has 2 aliphatic heterocycles. The molecule has 7 nitrogen and oxygen atoms in total. The van der Waals surface area contributed by atoms with Gasteiger partial charge in [-0.25, -0.2) is 17.8 Å². The summed E-state index contributed by atoms with van der Waals surface area (Å²) in [6.45, 7) is 4.95. The Morgan fingerprint density at radius 2 is 1.94 bits per heavy atom. The van der Waals surface area contributed by atoms with Crippen LogP contribution in [0.15, 0.2) is 35.4 Å². The van der Waals surface area contributed by atoms with Gasteiger partial charge in [-0.2, -0.15) is 17.9 Å². The molecule has 0 saturated carbocycles. The van der Waals surface area contributed by atoms with E-state index < -0.39 is 38.5 Å². The minimum Gasteiger partial charge on any atom is -0.488 e. The van der Waals surface area contributed by atoms with E-state index in [1.54, 1.807) is 4.90 Å². The Morgan fingerprint density at radius 3 is 2.59 bits per heavy atom. The predicted octanol–water partition coefficient (Wildman–Crippen LogP) is 2.79. The fourth-order valence-corrected chi connectivity index (χ4v) is 5.24. The number of fused-ring (bicyclic) bond motifs is 1. The number of hydrogen-bond donors (Lipinski definition) is 1. The number of halogens is 4. The Labute approximate surface area is 183 Å². The lowest BCUT2D eigenvalue weighted by Gasteiger charge is -2.35. The van der Waals surface area contributed by atoms with Crippen LogP contribution in [-0.4, -0.2) is 57.6 Å². The van der Waals surface area contributed by atoms with Gasteiger partial charge in [-0.3, -0.25) is 0 Å². The van der Waals surface area contributed by atoms with Gasteiger partial charge >= 0.3 is 6.18 Å². The van der Waals surface area contributed by atoms with E-state index >= 15 is 0 Å². The highest BCUT2D eigenvalue weighted by Gasteiger charge is 2.40. The normalized spacial score (nSPS) is 19.7. The highest BCUT2D eigenvalue weighted by Crippen LogP contribution is 2.38. The van der Waals surface area contributed by atoms with Gasteiger partial charge in [0.25, 0.3) is 0 Å². The van der Waals surface area contributed by atoms with Crippen molar-refractivity contribution >= 4 is 15.8 Å². The minimum atomic E-state index is -4.91. The number of ether oxygens (including phenoxy) is 1. The Hall–Kier alpha value is -2.44. The van der Waals surface area contributed by atoms with E-state index in [2.05, 4.69) is 14.6 Å². The van der Waals surface area contributed by atoms with Crippen molar-refractivity contribution in [1.82, 2.24) is 14.6 Å². The molecule has 12 heteroatoms. The van der Waals surface area contributed by atoms with Gasteiger partial charge in [0.15, 0.2) is 11.6 Å². The van der Waals surface area contributed by atoms with Crippen LogP contribution in [0.1, 0.15) is 24.1 Å². The van der Waals surface area contributed by atoms with Crippen molar-refractivity contribution in [2.75, 3.05) is 44.2 Å². The third kappa shape index (κ3) is 4.39. The van der Waals surface area contributed by atoms with Gasteiger partial charge in [0.2, 0.25) is 10.0 Å². The zero-order valence-electron chi connectivity index (χ0n) is 17.2. The van der Waals surface area contributed by atoms with Crippen LogP contribution >= 0.6 is 0 Å². The van der Waals surface area contributed by atoms with Crippen molar-refractivity contribution in [3.8, 4) is 5.75 Å². The molecule has 1 aromatic carbocycles. The standard InChI is InChI=1S/C20H22F4N4O3S/c1-2-27-6-8-28(9-7-27)18-10-14(20(22,23)24)17(11-25-18)32(29,30)26-16-12-31-19-13(16)4-3-5-15(19)21/h3-5,10-11,16,26H,2,6-9,12H2,1H3. The molecule has 0 amide bonds. The van der Waals surface area contributed by atoms with Crippen molar-refractivity contribution in [2.24, 2.45) is 0 Å². The zero-order valence-corrected chi connectivity index (χ0v) is 18.0. The second-order valence-corrected chi connectivity index (χ2v) is 9.28. The summed E-state index contributed by atoms with van der Waals surface area (Å²) in [5.74, 6) is -0.714. The number of para-hydroxylation sites is 1. The van der Waals surface area contributed by atoms with Crippen LogP contribution in [0.4, 0.5) is 23.4 Å². The topological polar surface area (TPSA) is 74.8 Å². The van der Waals surface area contributed by atoms with Crippen molar-refractivity contribution < 1.29 is 30.7 Å². The summed E-state index contributed by atoms with van der Waals surface area (Å²) < 4.78 is 88.5. The van der Waals surface area contributed by atoms with Crippen LogP contribution in [-0.2, 0) is 16.2 Å². The van der Waals surface area contributed by atoms with Gasteiger partial charge in [0.1, 0.15) is 17.3 Å². The average molecular weight is 474 g/mol. The summed E-state index contributed by atoms with van der Waals surface area (Å²) in [5.41, 5.74) is -1.08. The molecule has 1 N–H and O–H groups in total. The average Bonchev–Trinajstić information content (AvgIpc) is 3.16. The molecular formula is C20H22F4N4O3S. The number of aromatic nitrogens is 1. The number of nitrogens with zero attached hydrogens (tertiary/aromatic N) is 3. The van der Waals surface area contributed by atoms with Crippen molar-refractivity contribution in [1.29, 1.82) is 0 Å². The first kappa shape index (κ1) is 22.7. The molecule has 1 aromatic heterocycles. The summed E-state index contributed by atoms with van der Waals surface area (Å²) >= 11 is 0. The minimum absolute atomic E-state index is 0.0728. The maximum atomic E-state index is 13.8. The molecule has 1 saturated heterocycles. The van der Waals surface area contributed by atoms with E-state index in [1.165, 1.54) is 12.1 Å². The lowest BCUT2D eigenvalue weighted by molar-refractivity contribution is -0.139. The van der Waals surface area contributed by atoms with Gasteiger partial charge in [-0.1, -0.05) is 19.1 Å². The van der Waals surface area contributed by atoms with Crippen LogP contribution in [0.2, 0.25) is 0 Å². The van der Waals surface area contributed by atoms with Crippen LogP contribution < -0.4 is 14.4 Å². The second-order valence-electron chi connectivity index (χ2n) is 7.60. The quantitative estimate of drug-likeness (QED) is 0.672. The first-order valence-corrected chi connectivity index (χ1v) is 11.6. The smallest absolute Gasteiger partial charge is 0.417 e. The number of hydrogen-bond acceptors (Lipinski definition) is 6. The van der Waals surface area contributed by atoms with E-state index in [1.807, 2.05) is 6.92 Å². The number of likely N-dealkylation sites (N-methyl/N-ethyl adjacent to an activating group) is 1. The van der Waals surface area contributed by atoms with Crippen LogP contribution in [0.25, 0.3) is 0 Å². The van der Waals surface area contributed by atoms with E-state index in [4.69, 9.17) is 4.74 Å². The van der Waals surface area contributed by atoms with Crippen LogP contribution in [0, 0.1) is 5.82 Å². The Kier molecular flexibility index (Phi) is 6.03. The van der Waals surface area contributed by atoms with Gasteiger partial charge in [-0.15, -0.1) is 0 Å². The second kappa shape index (κ2) is 8.49. The Balaban J connectivity index is 1.63. The van der Waals surface area contributed by atoms with E-state index in [0.717, 1.165) is 24.9 Å². The number of pyridine rings is 1. The molecule has 4 rings (SSSR count). The molecule has 1 atom stereocenters. The van der Waals surface area contributed by atoms with Crippen molar-refractivity contribution in [2.45, 2.75) is 24.0 Å². The van der Waals surface area contributed by atoms with Crippen LogP contribution in [0.3, 0.4) is 0 Å².